The standard InChI is InChI=1S/C36H25Cl2FN4O3S/c37-23-17-31(38)32(40-18-23)33(44)41-25-10-6-8-22(16-25)36(21-7-5-9-24(39)15-21)20-47-34(43-36)42-35(45)46-19-30-28-13-3-1-11-26(28)27-12-2-4-14-29(27)30/h1-18,30H,19-20H2,(H,41,44)(H,42,43,45). The molecular formula is C36H25Cl2FN4O3S. The van der Waals surface area contributed by atoms with E-state index < -0.39 is 23.4 Å². The lowest BCUT2D eigenvalue weighted by molar-refractivity contribution is 0.102. The van der Waals surface area contributed by atoms with Crippen molar-refractivity contribution in [3.63, 3.8) is 0 Å². The highest BCUT2D eigenvalue weighted by molar-refractivity contribution is 8.14. The van der Waals surface area contributed by atoms with Gasteiger partial charge in [-0.1, -0.05) is 108 Å². The number of amidine groups is 1. The minimum absolute atomic E-state index is 0.0188. The molecule has 2 N–H and O–H groups in total. The topological polar surface area (TPSA) is 92.7 Å². The lowest BCUT2D eigenvalue weighted by Crippen LogP contribution is -2.30. The Hall–Kier alpha value is -4.70. The van der Waals surface area contributed by atoms with Gasteiger partial charge in [0.25, 0.3) is 5.91 Å². The number of nitrogens with zero attached hydrogens (tertiary/aromatic N) is 2. The summed E-state index contributed by atoms with van der Waals surface area (Å²) in [4.78, 5) is 35.1. The Labute approximate surface area is 284 Å². The van der Waals surface area contributed by atoms with Crippen LogP contribution in [0.4, 0.5) is 14.9 Å². The Kier molecular flexibility index (Phi) is 8.44. The number of aromatic nitrogens is 1. The highest BCUT2D eigenvalue weighted by atomic mass is 35.5. The van der Waals surface area contributed by atoms with Crippen LogP contribution in [-0.4, -0.2) is 34.5 Å². The van der Waals surface area contributed by atoms with E-state index in [4.69, 9.17) is 32.9 Å². The summed E-state index contributed by atoms with van der Waals surface area (Å²) in [5.41, 5.74) is 5.15. The molecule has 0 saturated carbocycles. The second-order valence-electron chi connectivity index (χ2n) is 11.0. The average Bonchev–Trinajstić information content (AvgIpc) is 3.64. The summed E-state index contributed by atoms with van der Waals surface area (Å²) in [5, 5.41) is 6.36. The molecule has 5 aromatic rings. The van der Waals surface area contributed by atoms with Crippen LogP contribution in [0.15, 0.2) is 114 Å². The lowest BCUT2D eigenvalue weighted by Gasteiger charge is -2.27. The molecule has 7 nitrogen and oxygen atoms in total. The van der Waals surface area contributed by atoms with Crippen LogP contribution < -0.4 is 10.6 Å². The van der Waals surface area contributed by atoms with Gasteiger partial charge in [-0.05, 0) is 63.7 Å². The molecule has 2 amide bonds. The molecule has 2 aliphatic rings. The van der Waals surface area contributed by atoms with E-state index in [0.717, 1.165) is 22.3 Å². The highest BCUT2D eigenvalue weighted by Gasteiger charge is 2.40. The fourth-order valence-electron chi connectivity index (χ4n) is 6.03. The maximum absolute atomic E-state index is 14.5. The summed E-state index contributed by atoms with van der Waals surface area (Å²) in [6, 6.07) is 30.9. The number of thioether (sulfide) groups is 1. The Morgan fingerprint density at radius 3 is 2.26 bits per heavy atom. The molecule has 4 aromatic carbocycles. The van der Waals surface area contributed by atoms with E-state index in [0.29, 0.717) is 32.8 Å². The number of alkyl carbamates (subject to hydrolysis) is 1. The quantitative estimate of drug-likeness (QED) is 0.187. The number of nitrogens with one attached hydrogen (secondary N) is 2. The number of ether oxygens (including phenoxy) is 1. The van der Waals surface area contributed by atoms with E-state index in [-0.39, 0.29) is 23.2 Å². The molecule has 0 radical (unpaired) electrons. The number of hydrogen-bond acceptors (Lipinski definition) is 6. The highest BCUT2D eigenvalue weighted by Crippen LogP contribution is 2.45. The predicted octanol–water partition coefficient (Wildman–Crippen LogP) is 8.66. The number of carbonyl (C=O) groups is 2. The molecule has 0 fully saturated rings. The van der Waals surface area contributed by atoms with Crippen molar-refractivity contribution in [2.45, 2.75) is 11.5 Å². The first-order chi connectivity index (χ1) is 22.8. The van der Waals surface area contributed by atoms with Gasteiger partial charge in [-0.15, -0.1) is 0 Å². The maximum atomic E-state index is 14.5. The molecule has 0 saturated heterocycles. The van der Waals surface area contributed by atoms with Crippen LogP contribution in [0.5, 0.6) is 0 Å². The molecule has 1 atom stereocenters. The first kappa shape index (κ1) is 30.9. The molecule has 1 aliphatic carbocycles. The van der Waals surface area contributed by atoms with Gasteiger partial charge in [0.2, 0.25) is 0 Å². The number of fused-ring (bicyclic) bond motifs is 3. The van der Waals surface area contributed by atoms with Crippen LogP contribution in [0.25, 0.3) is 11.1 Å². The van der Waals surface area contributed by atoms with Crippen molar-refractivity contribution < 1.29 is 18.7 Å². The number of rotatable bonds is 6. The number of amides is 2. The van der Waals surface area contributed by atoms with Gasteiger partial charge in [-0.25, -0.2) is 19.2 Å². The van der Waals surface area contributed by atoms with Crippen molar-refractivity contribution in [3.05, 3.63) is 153 Å². The van der Waals surface area contributed by atoms with Crippen molar-refractivity contribution in [3.8, 4) is 11.1 Å². The zero-order valence-electron chi connectivity index (χ0n) is 24.5. The second-order valence-corrected chi connectivity index (χ2v) is 12.9. The smallest absolute Gasteiger partial charge is 0.413 e. The largest absolute Gasteiger partial charge is 0.448 e. The molecule has 11 heteroatoms. The van der Waals surface area contributed by atoms with Gasteiger partial charge in [-0.3, -0.25) is 10.1 Å². The van der Waals surface area contributed by atoms with Crippen LogP contribution >= 0.6 is 35.0 Å². The predicted molar refractivity (Wildman–Crippen MR) is 184 cm³/mol. The number of aliphatic imine (C=N–C) groups is 1. The van der Waals surface area contributed by atoms with E-state index >= 15 is 0 Å². The molecule has 234 valence electrons. The first-order valence-electron chi connectivity index (χ1n) is 14.6. The summed E-state index contributed by atoms with van der Waals surface area (Å²) < 4.78 is 20.3. The van der Waals surface area contributed by atoms with E-state index in [1.165, 1.54) is 36.2 Å². The summed E-state index contributed by atoms with van der Waals surface area (Å²) >= 11 is 13.4. The monoisotopic (exact) mass is 682 g/mol. The van der Waals surface area contributed by atoms with Crippen LogP contribution in [0, 0.1) is 5.82 Å². The molecule has 1 aliphatic heterocycles. The molecular weight excluding hydrogens is 658 g/mol. The lowest BCUT2D eigenvalue weighted by atomic mass is 9.84. The van der Waals surface area contributed by atoms with Gasteiger partial charge in [0.15, 0.2) is 5.17 Å². The van der Waals surface area contributed by atoms with Crippen molar-refractivity contribution in [1.29, 1.82) is 0 Å². The van der Waals surface area contributed by atoms with Crippen LogP contribution in [0.2, 0.25) is 10.0 Å². The average molecular weight is 684 g/mol. The minimum atomic E-state index is -1.07. The van der Waals surface area contributed by atoms with Gasteiger partial charge in [-0.2, -0.15) is 0 Å². The van der Waals surface area contributed by atoms with Crippen LogP contribution in [-0.2, 0) is 10.3 Å². The fourth-order valence-corrected chi connectivity index (χ4v) is 7.62. The van der Waals surface area contributed by atoms with E-state index in [9.17, 15) is 14.0 Å². The van der Waals surface area contributed by atoms with Gasteiger partial charge >= 0.3 is 6.09 Å². The SMILES string of the molecule is O=C(NC1=NC(c2cccc(F)c2)(c2cccc(NC(=O)c3ncc(Cl)cc3Cl)c2)CS1)OCC1c2ccccc2-c2ccccc21. The van der Waals surface area contributed by atoms with Gasteiger partial charge in [0.1, 0.15) is 23.7 Å². The van der Waals surface area contributed by atoms with Gasteiger partial charge < -0.3 is 10.1 Å². The third kappa shape index (κ3) is 6.10. The van der Waals surface area contributed by atoms with Crippen molar-refractivity contribution in [1.82, 2.24) is 10.3 Å². The Bertz CT molecular complexity index is 2030. The van der Waals surface area contributed by atoms with Crippen LogP contribution in [0.1, 0.15) is 38.7 Å². The summed E-state index contributed by atoms with van der Waals surface area (Å²) in [6.07, 6.45) is 0.703. The third-order valence-corrected chi connectivity index (χ3v) is 9.71. The summed E-state index contributed by atoms with van der Waals surface area (Å²) in [6.45, 7) is 0.154. The van der Waals surface area contributed by atoms with Gasteiger partial charge in [0, 0.05) is 23.6 Å². The number of carbonyl (C=O) groups excluding carboxylic acids is 2. The normalized spacial score (nSPS) is 16.6. The number of halogens is 3. The number of hydrogen-bond donors (Lipinski definition) is 2. The van der Waals surface area contributed by atoms with Crippen molar-refractivity contribution in [2.24, 2.45) is 4.99 Å². The van der Waals surface area contributed by atoms with Crippen molar-refractivity contribution in [2.75, 3.05) is 17.7 Å². The third-order valence-electron chi connectivity index (χ3n) is 8.19. The number of benzene rings is 4. The number of anilines is 1. The van der Waals surface area contributed by atoms with E-state index in [2.05, 4.69) is 39.9 Å². The Morgan fingerprint density at radius 2 is 1.55 bits per heavy atom. The van der Waals surface area contributed by atoms with Crippen molar-refractivity contribution >= 4 is 57.8 Å². The van der Waals surface area contributed by atoms with Crippen LogP contribution in [0.3, 0.4) is 0 Å². The van der Waals surface area contributed by atoms with Gasteiger partial charge in [0.05, 0.1) is 10.0 Å². The van der Waals surface area contributed by atoms with E-state index in [1.807, 2.05) is 30.3 Å². The van der Waals surface area contributed by atoms with E-state index in [1.54, 1.807) is 30.3 Å². The molecule has 0 spiro atoms. The zero-order chi connectivity index (χ0) is 32.5. The molecule has 2 heterocycles. The number of pyridine rings is 1. The summed E-state index contributed by atoms with van der Waals surface area (Å²) in [5.74, 6) is -0.677. The molecule has 7 rings (SSSR count). The Morgan fingerprint density at radius 1 is 0.872 bits per heavy atom. The zero-order valence-corrected chi connectivity index (χ0v) is 26.9. The summed E-state index contributed by atoms with van der Waals surface area (Å²) in [7, 11) is 0. The first-order valence-corrected chi connectivity index (χ1v) is 16.4. The maximum Gasteiger partial charge on any atom is 0.413 e. The second kappa shape index (κ2) is 12.8. The Balaban J connectivity index is 1.13. The fraction of sp³-hybridized carbons (Fsp3) is 0.111. The molecule has 1 unspecified atom stereocenters. The molecule has 0 bridgehead atoms. The molecule has 1 aromatic heterocycles. The minimum Gasteiger partial charge on any atom is -0.448 e. The molecule has 47 heavy (non-hydrogen) atoms.